The van der Waals surface area contributed by atoms with Crippen molar-refractivity contribution in [1.29, 1.82) is 0 Å². The summed E-state index contributed by atoms with van der Waals surface area (Å²) in [6.07, 6.45) is 3.84. The van der Waals surface area contributed by atoms with Gasteiger partial charge in [0.05, 0.1) is 4.90 Å². The summed E-state index contributed by atoms with van der Waals surface area (Å²) in [6, 6.07) is 6.84. The SMILES string of the molecule is CC(C)N(C(=O)c1cccc(S(=O)(=O)NC2CC2)c1)C1CC1. The first-order valence-electron chi connectivity index (χ1n) is 7.83. The molecule has 1 aromatic carbocycles. The number of benzene rings is 1. The lowest BCUT2D eigenvalue weighted by Crippen LogP contribution is -2.38. The second-order valence-corrected chi connectivity index (χ2v) is 8.17. The van der Waals surface area contributed by atoms with Crippen LogP contribution in [0.5, 0.6) is 0 Å². The summed E-state index contributed by atoms with van der Waals surface area (Å²) in [5.74, 6) is -0.0824. The zero-order valence-corrected chi connectivity index (χ0v) is 13.8. The number of hydrogen-bond donors (Lipinski definition) is 1. The fourth-order valence-electron chi connectivity index (χ4n) is 2.61. The summed E-state index contributed by atoms with van der Waals surface area (Å²) in [7, 11) is -3.52. The van der Waals surface area contributed by atoms with E-state index < -0.39 is 10.0 Å². The van der Waals surface area contributed by atoms with Crippen LogP contribution in [0.15, 0.2) is 29.2 Å². The molecule has 0 saturated heterocycles. The van der Waals surface area contributed by atoms with Gasteiger partial charge in [0.15, 0.2) is 0 Å². The molecule has 2 saturated carbocycles. The minimum Gasteiger partial charge on any atom is -0.333 e. The summed E-state index contributed by atoms with van der Waals surface area (Å²) >= 11 is 0. The maximum atomic E-state index is 12.7. The van der Waals surface area contributed by atoms with Gasteiger partial charge in [0.25, 0.3) is 5.91 Å². The smallest absolute Gasteiger partial charge is 0.254 e. The van der Waals surface area contributed by atoms with Gasteiger partial charge >= 0.3 is 0 Å². The lowest BCUT2D eigenvalue weighted by Gasteiger charge is -2.27. The van der Waals surface area contributed by atoms with Gasteiger partial charge in [-0.25, -0.2) is 13.1 Å². The Hall–Kier alpha value is -1.40. The minimum atomic E-state index is -3.52. The van der Waals surface area contributed by atoms with Crippen molar-refractivity contribution in [2.24, 2.45) is 0 Å². The molecule has 3 rings (SSSR count). The van der Waals surface area contributed by atoms with Gasteiger partial charge in [0, 0.05) is 23.7 Å². The van der Waals surface area contributed by atoms with E-state index in [0.29, 0.717) is 11.6 Å². The molecule has 1 aromatic rings. The zero-order chi connectivity index (χ0) is 15.9. The van der Waals surface area contributed by atoms with E-state index in [-0.39, 0.29) is 22.9 Å². The van der Waals surface area contributed by atoms with Gasteiger partial charge in [-0.05, 0) is 57.7 Å². The maximum Gasteiger partial charge on any atom is 0.254 e. The fraction of sp³-hybridized carbons (Fsp3) is 0.562. The van der Waals surface area contributed by atoms with Crippen LogP contribution in [0.2, 0.25) is 0 Å². The maximum absolute atomic E-state index is 12.7. The van der Waals surface area contributed by atoms with Crippen LogP contribution in [0.1, 0.15) is 49.9 Å². The summed E-state index contributed by atoms with van der Waals surface area (Å²) in [4.78, 5) is 14.7. The largest absolute Gasteiger partial charge is 0.333 e. The molecule has 120 valence electrons. The molecule has 0 spiro atoms. The van der Waals surface area contributed by atoms with E-state index in [2.05, 4.69) is 4.72 Å². The lowest BCUT2D eigenvalue weighted by atomic mass is 10.1. The van der Waals surface area contributed by atoms with Crippen molar-refractivity contribution in [1.82, 2.24) is 9.62 Å². The Labute approximate surface area is 131 Å². The van der Waals surface area contributed by atoms with E-state index in [0.717, 1.165) is 25.7 Å². The number of nitrogens with one attached hydrogen (secondary N) is 1. The zero-order valence-electron chi connectivity index (χ0n) is 13.0. The van der Waals surface area contributed by atoms with Crippen molar-refractivity contribution in [3.05, 3.63) is 29.8 Å². The average Bonchev–Trinajstić information content (AvgIpc) is 3.34. The van der Waals surface area contributed by atoms with Crippen molar-refractivity contribution < 1.29 is 13.2 Å². The molecule has 1 N–H and O–H groups in total. The molecule has 0 aromatic heterocycles. The molecule has 0 aliphatic heterocycles. The third-order valence-electron chi connectivity index (χ3n) is 4.02. The summed E-state index contributed by atoms with van der Waals surface area (Å²) < 4.78 is 27.2. The van der Waals surface area contributed by atoms with Crippen molar-refractivity contribution in [3.8, 4) is 0 Å². The van der Waals surface area contributed by atoms with E-state index in [1.165, 1.54) is 6.07 Å². The third-order valence-corrected chi connectivity index (χ3v) is 5.54. The molecule has 5 nitrogen and oxygen atoms in total. The van der Waals surface area contributed by atoms with E-state index in [9.17, 15) is 13.2 Å². The van der Waals surface area contributed by atoms with Crippen LogP contribution < -0.4 is 4.72 Å². The highest BCUT2D eigenvalue weighted by Crippen LogP contribution is 2.30. The minimum absolute atomic E-state index is 0.0583. The first kappa shape index (κ1) is 15.5. The van der Waals surface area contributed by atoms with Crippen LogP contribution in [0.25, 0.3) is 0 Å². The summed E-state index contributed by atoms with van der Waals surface area (Å²) in [5.41, 5.74) is 0.444. The van der Waals surface area contributed by atoms with Gasteiger partial charge in [0.1, 0.15) is 0 Å². The van der Waals surface area contributed by atoms with Crippen LogP contribution in [0, 0.1) is 0 Å². The molecule has 2 fully saturated rings. The van der Waals surface area contributed by atoms with E-state index in [1.54, 1.807) is 18.2 Å². The van der Waals surface area contributed by atoms with Gasteiger partial charge in [-0.1, -0.05) is 6.07 Å². The van der Waals surface area contributed by atoms with Crippen LogP contribution in [-0.4, -0.2) is 37.4 Å². The second-order valence-electron chi connectivity index (χ2n) is 6.46. The number of nitrogens with zero attached hydrogens (tertiary/aromatic N) is 1. The Morgan fingerprint density at radius 2 is 1.91 bits per heavy atom. The van der Waals surface area contributed by atoms with E-state index >= 15 is 0 Å². The molecule has 1 amide bonds. The first-order chi connectivity index (χ1) is 10.4. The number of rotatable bonds is 6. The molecule has 2 aliphatic rings. The molecule has 0 atom stereocenters. The molecule has 0 unspecified atom stereocenters. The lowest BCUT2D eigenvalue weighted by molar-refractivity contribution is 0.0690. The highest BCUT2D eigenvalue weighted by molar-refractivity contribution is 7.89. The molecule has 0 bridgehead atoms. The van der Waals surface area contributed by atoms with Crippen molar-refractivity contribution in [2.75, 3.05) is 0 Å². The predicted octanol–water partition coefficient (Wildman–Crippen LogP) is 2.14. The number of carbonyl (C=O) groups excluding carboxylic acids is 1. The summed E-state index contributed by atoms with van der Waals surface area (Å²) in [6.45, 7) is 3.98. The van der Waals surface area contributed by atoms with Gasteiger partial charge in [-0.2, -0.15) is 0 Å². The molecular formula is C16H22N2O3S. The Bertz CT molecular complexity index is 674. The standard InChI is InChI=1S/C16H22N2O3S/c1-11(2)18(14-8-9-14)16(19)12-4-3-5-15(10-12)22(20,21)17-13-6-7-13/h3-5,10-11,13-14,17H,6-9H2,1-2H3. The van der Waals surface area contributed by atoms with Gasteiger partial charge < -0.3 is 4.90 Å². The molecule has 0 radical (unpaired) electrons. The van der Waals surface area contributed by atoms with Crippen molar-refractivity contribution in [3.63, 3.8) is 0 Å². The fourth-order valence-corrected chi connectivity index (χ4v) is 3.96. The Balaban J connectivity index is 1.85. The number of amides is 1. The Morgan fingerprint density at radius 3 is 2.45 bits per heavy atom. The van der Waals surface area contributed by atoms with Crippen molar-refractivity contribution in [2.45, 2.75) is 62.6 Å². The van der Waals surface area contributed by atoms with Crippen molar-refractivity contribution >= 4 is 15.9 Å². The van der Waals surface area contributed by atoms with E-state index in [4.69, 9.17) is 0 Å². The molecular weight excluding hydrogens is 300 g/mol. The highest BCUT2D eigenvalue weighted by atomic mass is 32.2. The molecule has 6 heteroatoms. The third kappa shape index (κ3) is 3.33. The van der Waals surface area contributed by atoms with E-state index in [1.807, 2.05) is 18.7 Å². The topological polar surface area (TPSA) is 66.5 Å². The van der Waals surface area contributed by atoms with Gasteiger partial charge in [-0.3, -0.25) is 4.79 Å². The quantitative estimate of drug-likeness (QED) is 0.872. The average molecular weight is 322 g/mol. The number of sulfonamides is 1. The van der Waals surface area contributed by atoms with Crippen LogP contribution in [0.4, 0.5) is 0 Å². The second kappa shape index (κ2) is 5.66. The summed E-state index contributed by atoms with van der Waals surface area (Å²) in [5, 5.41) is 0. The predicted molar refractivity (Wildman–Crippen MR) is 84.1 cm³/mol. The normalized spacial score (nSPS) is 18.5. The number of carbonyl (C=O) groups is 1. The Kier molecular flexibility index (Phi) is 3.99. The monoisotopic (exact) mass is 322 g/mol. The van der Waals surface area contributed by atoms with Gasteiger partial charge in [-0.15, -0.1) is 0 Å². The van der Waals surface area contributed by atoms with Crippen LogP contribution in [-0.2, 0) is 10.0 Å². The first-order valence-corrected chi connectivity index (χ1v) is 9.32. The Morgan fingerprint density at radius 1 is 1.23 bits per heavy atom. The molecule has 22 heavy (non-hydrogen) atoms. The van der Waals surface area contributed by atoms with Crippen LogP contribution >= 0.6 is 0 Å². The number of hydrogen-bond acceptors (Lipinski definition) is 3. The van der Waals surface area contributed by atoms with Gasteiger partial charge in [0.2, 0.25) is 10.0 Å². The molecule has 0 heterocycles. The molecule has 2 aliphatic carbocycles. The highest BCUT2D eigenvalue weighted by Gasteiger charge is 2.35. The van der Waals surface area contributed by atoms with Crippen LogP contribution in [0.3, 0.4) is 0 Å².